The van der Waals surface area contributed by atoms with Gasteiger partial charge < -0.3 is 19.6 Å². The van der Waals surface area contributed by atoms with Gasteiger partial charge in [0.2, 0.25) is 0 Å². The first-order chi connectivity index (χ1) is 14.4. The molecule has 0 saturated carbocycles. The first-order valence-electron chi connectivity index (χ1n) is 8.95. The number of aliphatic hydroxyl groups excluding tert-OH is 1. The molecule has 0 spiro atoms. The van der Waals surface area contributed by atoms with E-state index in [0.29, 0.717) is 45.2 Å². The van der Waals surface area contributed by atoms with Crippen molar-refractivity contribution in [3.8, 4) is 17.1 Å². The van der Waals surface area contributed by atoms with Crippen LogP contribution in [0.25, 0.3) is 11.3 Å². The summed E-state index contributed by atoms with van der Waals surface area (Å²) in [5, 5.41) is 15.5. The highest BCUT2D eigenvalue weighted by Crippen LogP contribution is 2.30. The smallest absolute Gasteiger partial charge is 0.257 e. The van der Waals surface area contributed by atoms with Crippen LogP contribution in [0.3, 0.4) is 0 Å². The maximum Gasteiger partial charge on any atom is 0.257 e. The van der Waals surface area contributed by atoms with Crippen LogP contribution < -0.4 is 15.4 Å². The largest absolute Gasteiger partial charge is 0.492 e. The minimum Gasteiger partial charge on any atom is -0.492 e. The van der Waals surface area contributed by atoms with E-state index >= 15 is 0 Å². The average Bonchev–Trinajstić information content (AvgIpc) is 3.20. The lowest BCUT2D eigenvalue weighted by Gasteiger charge is -2.12. The molecule has 3 rings (SSSR count). The number of hydrogen-bond acceptors (Lipinski definition) is 5. The third kappa shape index (κ3) is 5.31. The van der Waals surface area contributed by atoms with E-state index in [9.17, 15) is 4.79 Å². The Morgan fingerprint density at radius 2 is 1.93 bits per heavy atom. The van der Waals surface area contributed by atoms with Crippen LogP contribution in [0.15, 0.2) is 52.9 Å². The average molecular weight is 465 g/mol. The van der Waals surface area contributed by atoms with Crippen molar-refractivity contribution in [2.24, 2.45) is 0 Å². The van der Waals surface area contributed by atoms with Crippen molar-refractivity contribution < 1.29 is 19.1 Å². The monoisotopic (exact) mass is 464 g/mol. The van der Waals surface area contributed by atoms with Crippen molar-refractivity contribution in [1.82, 2.24) is 5.32 Å². The molecule has 6 nitrogen and oxygen atoms in total. The van der Waals surface area contributed by atoms with Gasteiger partial charge in [0.1, 0.15) is 23.9 Å². The predicted molar refractivity (Wildman–Crippen MR) is 121 cm³/mol. The minimum atomic E-state index is -0.427. The molecule has 0 aliphatic heterocycles. The van der Waals surface area contributed by atoms with Gasteiger partial charge in [-0.15, -0.1) is 0 Å². The zero-order valence-corrected chi connectivity index (χ0v) is 18.2. The molecule has 3 aromatic rings. The zero-order chi connectivity index (χ0) is 21.7. The SMILES string of the molecule is CCOc1ccc(C(=O)NC(=S)Nc2cc(-c3ccc(CO)o3)ccc2Cl)cc1Cl. The van der Waals surface area contributed by atoms with E-state index in [4.69, 9.17) is 49.7 Å². The number of rotatable bonds is 6. The van der Waals surface area contributed by atoms with Crippen LogP contribution in [-0.2, 0) is 6.61 Å². The second-order valence-corrected chi connectivity index (χ2v) is 7.33. The summed E-state index contributed by atoms with van der Waals surface area (Å²) in [6, 6.07) is 13.3. The van der Waals surface area contributed by atoms with E-state index < -0.39 is 5.91 Å². The van der Waals surface area contributed by atoms with E-state index in [1.165, 1.54) is 6.07 Å². The first kappa shape index (κ1) is 22.1. The summed E-state index contributed by atoms with van der Waals surface area (Å²) in [6.07, 6.45) is 0. The first-order valence-corrected chi connectivity index (χ1v) is 10.1. The molecule has 2 aromatic carbocycles. The highest BCUT2D eigenvalue weighted by atomic mass is 35.5. The van der Waals surface area contributed by atoms with Gasteiger partial charge in [-0.1, -0.05) is 23.2 Å². The summed E-state index contributed by atoms with van der Waals surface area (Å²) < 4.78 is 10.9. The Hall–Kier alpha value is -2.58. The third-order valence-corrected chi connectivity index (χ3v) is 4.87. The lowest BCUT2D eigenvalue weighted by molar-refractivity contribution is 0.0977. The molecule has 1 heterocycles. The van der Waals surface area contributed by atoms with E-state index in [1.54, 1.807) is 42.5 Å². The Morgan fingerprint density at radius 3 is 2.60 bits per heavy atom. The summed E-state index contributed by atoms with van der Waals surface area (Å²) >= 11 is 17.6. The Balaban J connectivity index is 1.70. The van der Waals surface area contributed by atoms with E-state index in [1.807, 2.05) is 6.92 Å². The highest BCUT2D eigenvalue weighted by Gasteiger charge is 2.13. The Kier molecular flexibility index (Phi) is 7.33. The highest BCUT2D eigenvalue weighted by molar-refractivity contribution is 7.80. The Labute approximate surface area is 188 Å². The van der Waals surface area contributed by atoms with Gasteiger partial charge in [-0.25, -0.2) is 0 Å². The Bertz CT molecular complexity index is 1080. The normalized spacial score (nSPS) is 10.5. The molecule has 0 aliphatic carbocycles. The second-order valence-electron chi connectivity index (χ2n) is 6.11. The quantitative estimate of drug-likeness (QED) is 0.430. The van der Waals surface area contributed by atoms with E-state index in [-0.39, 0.29) is 11.7 Å². The molecule has 156 valence electrons. The molecule has 1 amide bonds. The van der Waals surface area contributed by atoms with Gasteiger partial charge in [0.25, 0.3) is 5.91 Å². The molecule has 0 bridgehead atoms. The number of halogens is 2. The third-order valence-electron chi connectivity index (χ3n) is 4.04. The maximum absolute atomic E-state index is 12.5. The molecule has 0 saturated heterocycles. The number of carbonyl (C=O) groups excluding carboxylic acids is 1. The lowest BCUT2D eigenvalue weighted by atomic mass is 10.1. The van der Waals surface area contributed by atoms with Crippen molar-refractivity contribution in [1.29, 1.82) is 0 Å². The molecule has 0 atom stereocenters. The van der Waals surface area contributed by atoms with Crippen LogP contribution in [0.4, 0.5) is 5.69 Å². The topological polar surface area (TPSA) is 83.7 Å². The number of nitrogens with one attached hydrogen (secondary N) is 2. The standard InChI is InChI=1S/C21H18Cl2N2O4S/c1-2-28-19-7-4-13(9-16(19)23)20(27)25-21(30)24-17-10-12(3-6-15(17)22)18-8-5-14(11-26)29-18/h3-10,26H,2,11H2,1H3,(H2,24,25,27,30). The van der Waals surface area contributed by atoms with Crippen LogP contribution in [-0.4, -0.2) is 22.7 Å². The number of carbonyl (C=O) groups is 1. The number of aliphatic hydroxyl groups is 1. The fourth-order valence-electron chi connectivity index (χ4n) is 2.64. The molecule has 0 aliphatic rings. The van der Waals surface area contributed by atoms with E-state index in [0.717, 1.165) is 5.56 Å². The molecular weight excluding hydrogens is 447 g/mol. The molecule has 0 radical (unpaired) electrons. The van der Waals surface area contributed by atoms with Crippen molar-refractivity contribution in [3.05, 3.63) is 69.9 Å². The molecule has 0 fully saturated rings. The van der Waals surface area contributed by atoms with Gasteiger partial charge in [-0.2, -0.15) is 0 Å². The predicted octanol–water partition coefficient (Wildman–Crippen LogP) is 5.27. The van der Waals surface area contributed by atoms with Gasteiger partial charge in [0.05, 0.1) is 22.3 Å². The van der Waals surface area contributed by atoms with Gasteiger partial charge in [0, 0.05) is 11.1 Å². The number of anilines is 1. The fraction of sp³-hybridized carbons (Fsp3) is 0.143. The molecule has 9 heteroatoms. The summed E-state index contributed by atoms with van der Waals surface area (Å²) in [6.45, 7) is 2.13. The molecular formula is C21H18Cl2N2O4S. The Morgan fingerprint density at radius 1 is 1.13 bits per heavy atom. The van der Waals surface area contributed by atoms with Crippen molar-refractivity contribution in [2.75, 3.05) is 11.9 Å². The molecule has 3 N–H and O–H groups in total. The second kappa shape index (κ2) is 9.95. The van der Waals surface area contributed by atoms with Crippen LogP contribution >= 0.6 is 35.4 Å². The van der Waals surface area contributed by atoms with Crippen molar-refractivity contribution >= 4 is 52.1 Å². The van der Waals surface area contributed by atoms with Gasteiger partial charge in [-0.3, -0.25) is 10.1 Å². The minimum absolute atomic E-state index is 0.0690. The van der Waals surface area contributed by atoms with Crippen LogP contribution in [0.1, 0.15) is 23.0 Å². The van der Waals surface area contributed by atoms with Crippen molar-refractivity contribution in [3.63, 3.8) is 0 Å². The molecule has 0 unspecified atom stereocenters. The summed E-state index contributed by atoms with van der Waals surface area (Å²) in [5.41, 5.74) is 1.56. The molecule has 30 heavy (non-hydrogen) atoms. The van der Waals surface area contributed by atoms with Crippen molar-refractivity contribution in [2.45, 2.75) is 13.5 Å². The number of thiocarbonyl (C=S) groups is 1. The lowest BCUT2D eigenvalue weighted by Crippen LogP contribution is -2.34. The van der Waals surface area contributed by atoms with Gasteiger partial charge in [0.15, 0.2) is 5.11 Å². The summed E-state index contributed by atoms with van der Waals surface area (Å²) in [7, 11) is 0. The molecule has 1 aromatic heterocycles. The van der Waals surface area contributed by atoms with E-state index in [2.05, 4.69) is 10.6 Å². The number of furan rings is 1. The summed E-state index contributed by atoms with van der Waals surface area (Å²) in [4.78, 5) is 12.5. The van der Waals surface area contributed by atoms with Crippen LogP contribution in [0, 0.1) is 0 Å². The van der Waals surface area contributed by atoms with Gasteiger partial charge >= 0.3 is 0 Å². The van der Waals surface area contributed by atoms with Gasteiger partial charge in [-0.05, 0) is 67.7 Å². The zero-order valence-electron chi connectivity index (χ0n) is 15.9. The number of amides is 1. The number of benzene rings is 2. The fourth-order valence-corrected chi connectivity index (χ4v) is 3.24. The number of hydrogen-bond donors (Lipinski definition) is 3. The van der Waals surface area contributed by atoms with Crippen LogP contribution in [0.5, 0.6) is 5.75 Å². The number of ether oxygens (including phenoxy) is 1. The van der Waals surface area contributed by atoms with Crippen LogP contribution in [0.2, 0.25) is 10.0 Å². The summed E-state index contributed by atoms with van der Waals surface area (Å²) in [5.74, 6) is 1.09. The maximum atomic E-state index is 12.5.